The van der Waals surface area contributed by atoms with E-state index in [-0.39, 0.29) is 5.82 Å². The Bertz CT molecular complexity index is 476. The Balaban J connectivity index is 2.63. The van der Waals surface area contributed by atoms with Crippen LogP contribution in [0.25, 0.3) is 10.9 Å². The first-order chi connectivity index (χ1) is 6.31. The molecule has 0 saturated carbocycles. The lowest BCUT2D eigenvalue weighted by molar-refractivity contribution is 0.629. The fourth-order valence-corrected chi connectivity index (χ4v) is 1.41. The maximum absolute atomic E-state index is 12.8. The first kappa shape index (κ1) is 7.88. The lowest BCUT2D eigenvalue weighted by atomic mass is 10.2. The van der Waals surface area contributed by atoms with E-state index >= 15 is 0 Å². The molecule has 1 heterocycles. The zero-order chi connectivity index (χ0) is 9.26. The number of benzene rings is 1. The summed E-state index contributed by atoms with van der Waals surface area (Å²) in [6, 6.07) is 6.54. The van der Waals surface area contributed by atoms with E-state index in [1.54, 1.807) is 6.07 Å². The third kappa shape index (κ3) is 1.29. The van der Waals surface area contributed by atoms with Crippen LogP contribution in [0.2, 0.25) is 0 Å². The first-order valence-electron chi connectivity index (χ1n) is 3.99. The summed E-state index contributed by atoms with van der Waals surface area (Å²) in [6.45, 7) is 0.523. The highest BCUT2D eigenvalue weighted by molar-refractivity contribution is 5.80. The minimum Gasteiger partial charge on any atom is -0.336 e. The Kier molecular flexibility index (Phi) is 1.79. The molecule has 1 nitrogen and oxygen atoms in total. The van der Waals surface area contributed by atoms with Crippen LogP contribution in [-0.4, -0.2) is 4.57 Å². The number of fused-ring (bicyclic) bond motifs is 1. The Hall–Kier alpha value is -1.75. The monoisotopic (exact) mass is 173 g/mol. The van der Waals surface area contributed by atoms with E-state index in [2.05, 4.69) is 5.92 Å². The normalized spacial score (nSPS) is 10.2. The van der Waals surface area contributed by atoms with Crippen molar-refractivity contribution in [3.8, 4) is 12.3 Å². The average molecular weight is 173 g/mol. The third-order valence-corrected chi connectivity index (χ3v) is 1.99. The SMILES string of the molecule is C#CCn1ccc2cc(F)ccc21. The Labute approximate surface area is 75.8 Å². The molecule has 0 spiro atoms. The van der Waals surface area contributed by atoms with Gasteiger partial charge in [-0.15, -0.1) is 6.42 Å². The van der Waals surface area contributed by atoms with Crippen LogP contribution >= 0.6 is 0 Å². The van der Waals surface area contributed by atoms with Gasteiger partial charge in [0.05, 0.1) is 6.54 Å². The molecule has 0 unspecified atom stereocenters. The van der Waals surface area contributed by atoms with Gasteiger partial charge in [0, 0.05) is 17.1 Å². The van der Waals surface area contributed by atoms with Crippen molar-refractivity contribution in [3.05, 3.63) is 36.3 Å². The predicted molar refractivity (Wildman–Crippen MR) is 50.7 cm³/mol. The molecular formula is C11H8FN. The van der Waals surface area contributed by atoms with Crippen LogP contribution in [0.15, 0.2) is 30.5 Å². The molecule has 0 bridgehead atoms. The standard InChI is InChI=1S/C11H8FN/c1-2-6-13-7-5-9-8-10(12)3-4-11(9)13/h1,3-5,7-8H,6H2. The van der Waals surface area contributed by atoms with Gasteiger partial charge in [0.1, 0.15) is 5.82 Å². The molecule has 0 radical (unpaired) electrons. The maximum Gasteiger partial charge on any atom is 0.123 e. The lowest BCUT2D eigenvalue weighted by Gasteiger charge is -1.98. The lowest BCUT2D eigenvalue weighted by Crippen LogP contribution is -1.91. The number of rotatable bonds is 1. The molecule has 1 aromatic heterocycles. The quantitative estimate of drug-likeness (QED) is 0.583. The summed E-state index contributed by atoms with van der Waals surface area (Å²) >= 11 is 0. The van der Waals surface area contributed by atoms with Crippen molar-refractivity contribution in [2.45, 2.75) is 6.54 Å². The molecule has 0 atom stereocenters. The zero-order valence-corrected chi connectivity index (χ0v) is 7.00. The smallest absolute Gasteiger partial charge is 0.123 e. The van der Waals surface area contributed by atoms with E-state index in [0.717, 1.165) is 10.9 Å². The number of nitrogens with zero attached hydrogens (tertiary/aromatic N) is 1. The van der Waals surface area contributed by atoms with Crippen molar-refractivity contribution >= 4 is 10.9 Å². The minimum absolute atomic E-state index is 0.217. The van der Waals surface area contributed by atoms with Gasteiger partial charge in [0.15, 0.2) is 0 Å². The second-order valence-corrected chi connectivity index (χ2v) is 2.85. The van der Waals surface area contributed by atoms with Crippen LogP contribution in [-0.2, 0) is 6.54 Å². The van der Waals surface area contributed by atoms with Crippen molar-refractivity contribution in [1.29, 1.82) is 0 Å². The van der Waals surface area contributed by atoms with E-state index < -0.39 is 0 Å². The zero-order valence-electron chi connectivity index (χ0n) is 7.00. The number of terminal acetylenes is 1. The van der Waals surface area contributed by atoms with Crippen LogP contribution in [0, 0.1) is 18.2 Å². The van der Waals surface area contributed by atoms with E-state index in [0.29, 0.717) is 6.54 Å². The highest BCUT2D eigenvalue weighted by Gasteiger charge is 1.99. The molecule has 0 saturated heterocycles. The molecule has 0 aliphatic rings. The summed E-state index contributed by atoms with van der Waals surface area (Å²) < 4.78 is 14.7. The van der Waals surface area contributed by atoms with Crippen LogP contribution in [0.5, 0.6) is 0 Å². The molecule has 0 amide bonds. The molecular weight excluding hydrogens is 165 g/mol. The Morgan fingerprint density at radius 1 is 1.38 bits per heavy atom. The molecule has 0 N–H and O–H groups in total. The molecule has 1 aromatic carbocycles. The molecule has 0 aliphatic carbocycles. The van der Waals surface area contributed by atoms with Gasteiger partial charge in [-0.2, -0.15) is 0 Å². The van der Waals surface area contributed by atoms with Gasteiger partial charge in [-0.25, -0.2) is 4.39 Å². The molecule has 2 aromatic rings. The molecule has 0 aliphatic heterocycles. The van der Waals surface area contributed by atoms with Crippen molar-refractivity contribution in [2.24, 2.45) is 0 Å². The molecule has 64 valence electrons. The Morgan fingerprint density at radius 3 is 3.00 bits per heavy atom. The van der Waals surface area contributed by atoms with E-state index in [1.165, 1.54) is 12.1 Å². The highest BCUT2D eigenvalue weighted by Crippen LogP contribution is 2.16. The van der Waals surface area contributed by atoms with Crippen molar-refractivity contribution < 1.29 is 4.39 Å². The topological polar surface area (TPSA) is 4.93 Å². The van der Waals surface area contributed by atoms with Crippen molar-refractivity contribution in [1.82, 2.24) is 4.57 Å². The van der Waals surface area contributed by atoms with E-state index in [1.807, 2.05) is 16.8 Å². The average Bonchev–Trinajstić information content (AvgIpc) is 2.49. The van der Waals surface area contributed by atoms with Crippen molar-refractivity contribution in [3.63, 3.8) is 0 Å². The van der Waals surface area contributed by atoms with Gasteiger partial charge in [-0.1, -0.05) is 5.92 Å². The van der Waals surface area contributed by atoms with E-state index in [4.69, 9.17) is 6.42 Å². The largest absolute Gasteiger partial charge is 0.336 e. The summed E-state index contributed by atoms with van der Waals surface area (Å²) in [5.41, 5.74) is 0.972. The summed E-state index contributed by atoms with van der Waals surface area (Å²) in [7, 11) is 0. The third-order valence-electron chi connectivity index (χ3n) is 1.99. The van der Waals surface area contributed by atoms with Crippen LogP contribution < -0.4 is 0 Å². The molecule has 2 rings (SSSR count). The van der Waals surface area contributed by atoms with Gasteiger partial charge in [0.25, 0.3) is 0 Å². The summed E-state index contributed by atoms with van der Waals surface area (Å²) in [4.78, 5) is 0. The fraction of sp³-hybridized carbons (Fsp3) is 0.0909. The second-order valence-electron chi connectivity index (χ2n) is 2.85. The molecule has 0 fully saturated rings. The highest BCUT2D eigenvalue weighted by atomic mass is 19.1. The van der Waals surface area contributed by atoms with Gasteiger partial charge < -0.3 is 4.57 Å². The Morgan fingerprint density at radius 2 is 2.23 bits per heavy atom. The number of halogens is 1. The maximum atomic E-state index is 12.8. The minimum atomic E-state index is -0.217. The van der Waals surface area contributed by atoms with Crippen LogP contribution in [0.1, 0.15) is 0 Å². The van der Waals surface area contributed by atoms with Gasteiger partial charge >= 0.3 is 0 Å². The van der Waals surface area contributed by atoms with Crippen molar-refractivity contribution in [2.75, 3.05) is 0 Å². The van der Waals surface area contributed by atoms with Crippen LogP contribution in [0.4, 0.5) is 4.39 Å². The predicted octanol–water partition coefficient (Wildman–Crippen LogP) is 2.41. The first-order valence-corrected chi connectivity index (χ1v) is 3.99. The second kappa shape index (κ2) is 2.95. The van der Waals surface area contributed by atoms with Gasteiger partial charge in [-0.05, 0) is 24.3 Å². The summed E-state index contributed by atoms with van der Waals surface area (Å²) in [5, 5.41) is 0.884. The fourth-order valence-electron chi connectivity index (χ4n) is 1.41. The van der Waals surface area contributed by atoms with Crippen LogP contribution in [0.3, 0.4) is 0 Å². The van der Waals surface area contributed by atoms with Gasteiger partial charge in [0.2, 0.25) is 0 Å². The summed E-state index contributed by atoms with van der Waals surface area (Å²) in [6.07, 6.45) is 7.06. The summed E-state index contributed by atoms with van der Waals surface area (Å²) in [5.74, 6) is 2.33. The van der Waals surface area contributed by atoms with Gasteiger partial charge in [-0.3, -0.25) is 0 Å². The molecule has 2 heteroatoms. The number of hydrogen-bond acceptors (Lipinski definition) is 0. The number of hydrogen-bond donors (Lipinski definition) is 0. The van der Waals surface area contributed by atoms with E-state index in [9.17, 15) is 4.39 Å². The molecule has 13 heavy (non-hydrogen) atoms. The number of aromatic nitrogens is 1.